The first-order valence-corrected chi connectivity index (χ1v) is 6.69. The second-order valence-electron chi connectivity index (χ2n) is 4.22. The second kappa shape index (κ2) is 4.82. The number of fused-ring (bicyclic) bond motifs is 1. The van der Waals surface area contributed by atoms with Crippen molar-refractivity contribution in [3.8, 4) is 0 Å². The fourth-order valence-electron chi connectivity index (χ4n) is 1.88. The van der Waals surface area contributed by atoms with Gasteiger partial charge >= 0.3 is 4.87 Å². The number of nitrogens with two attached hydrogens (primary N) is 1. The summed E-state index contributed by atoms with van der Waals surface area (Å²) in [6.45, 7) is 0.442. The van der Waals surface area contributed by atoms with Gasteiger partial charge in [0.1, 0.15) is 0 Å². The number of anilines is 2. The highest BCUT2D eigenvalue weighted by Gasteiger charge is 2.06. The van der Waals surface area contributed by atoms with Crippen LogP contribution in [0.25, 0.3) is 10.9 Å². The van der Waals surface area contributed by atoms with Crippen LogP contribution in [0.5, 0.6) is 0 Å². The molecule has 2 aromatic heterocycles. The molecule has 0 unspecified atom stereocenters. The zero-order chi connectivity index (χ0) is 14.1. The van der Waals surface area contributed by atoms with Crippen LogP contribution in [0.2, 0.25) is 0 Å². The number of hydrogen-bond acceptors (Lipinski definition) is 6. The molecule has 5 N–H and O–H groups in total. The van der Waals surface area contributed by atoms with E-state index in [1.165, 1.54) is 6.33 Å². The smallest absolute Gasteiger partial charge is 0.304 e. The van der Waals surface area contributed by atoms with Crippen LogP contribution >= 0.6 is 11.3 Å². The van der Waals surface area contributed by atoms with Crippen molar-refractivity contribution in [2.24, 2.45) is 0 Å². The van der Waals surface area contributed by atoms with Crippen LogP contribution in [0, 0.1) is 0 Å². The fraction of sp³-hybridized carbons (Fsp3) is 0.0833. The number of nitrogen functional groups attached to an aromatic ring is 1. The molecule has 0 saturated heterocycles. The monoisotopic (exact) mass is 289 g/mol. The first-order valence-electron chi connectivity index (χ1n) is 5.81. The molecule has 20 heavy (non-hydrogen) atoms. The van der Waals surface area contributed by atoms with E-state index in [4.69, 9.17) is 5.73 Å². The van der Waals surface area contributed by atoms with Crippen LogP contribution in [-0.2, 0) is 6.54 Å². The van der Waals surface area contributed by atoms with Gasteiger partial charge in [-0.15, -0.1) is 0 Å². The number of aromatic amines is 2. The molecule has 0 atom stereocenters. The number of rotatable bonds is 3. The van der Waals surface area contributed by atoms with Crippen LogP contribution in [0.1, 0.15) is 5.69 Å². The van der Waals surface area contributed by atoms with E-state index >= 15 is 0 Å². The summed E-state index contributed by atoms with van der Waals surface area (Å²) in [5.41, 5.74) is 8.14. The van der Waals surface area contributed by atoms with Crippen molar-refractivity contribution in [2.45, 2.75) is 6.54 Å². The Kier molecular flexibility index (Phi) is 2.99. The molecule has 8 heteroatoms. The van der Waals surface area contributed by atoms with Crippen molar-refractivity contribution in [1.82, 2.24) is 15.0 Å². The SMILES string of the molecule is Nc1cc2c(=O)[nH]cnc2cc1NCc1csc(=O)[nH]1. The normalized spacial score (nSPS) is 10.8. The quantitative estimate of drug-likeness (QED) is 0.534. The van der Waals surface area contributed by atoms with Crippen molar-refractivity contribution in [3.63, 3.8) is 0 Å². The zero-order valence-corrected chi connectivity index (χ0v) is 11.1. The summed E-state index contributed by atoms with van der Waals surface area (Å²) in [6.07, 6.45) is 1.35. The Balaban J connectivity index is 1.93. The third-order valence-electron chi connectivity index (χ3n) is 2.85. The average Bonchev–Trinajstić information content (AvgIpc) is 2.83. The molecule has 102 valence electrons. The predicted molar refractivity (Wildman–Crippen MR) is 79.0 cm³/mol. The minimum atomic E-state index is -0.226. The first kappa shape index (κ1) is 12.4. The summed E-state index contributed by atoms with van der Waals surface area (Å²) >= 11 is 1.11. The van der Waals surface area contributed by atoms with E-state index < -0.39 is 0 Å². The van der Waals surface area contributed by atoms with Crippen LogP contribution in [0.4, 0.5) is 11.4 Å². The van der Waals surface area contributed by atoms with Crippen molar-refractivity contribution in [1.29, 1.82) is 0 Å². The molecule has 0 amide bonds. The molecule has 3 aromatic rings. The van der Waals surface area contributed by atoms with E-state index in [-0.39, 0.29) is 10.4 Å². The van der Waals surface area contributed by atoms with Crippen LogP contribution < -0.4 is 21.5 Å². The maximum Gasteiger partial charge on any atom is 0.304 e. The third-order valence-corrected chi connectivity index (χ3v) is 3.57. The number of nitrogens with zero attached hydrogens (tertiary/aromatic N) is 1. The Bertz CT molecular complexity index is 879. The van der Waals surface area contributed by atoms with Gasteiger partial charge in [0.15, 0.2) is 0 Å². The molecular formula is C12H11N5O2S. The highest BCUT2D eigenvalue weighted by molar-refractivity contribution is 7.07. The number of benzene rings is 1. The lowest BCUT2D eigenvalue weighted by Crippen LogP contribution is -2.09. The predicted octanol–water partition coefficient (Wildman–Crippen LogP) is 0.867. The molecule has 0 aliphatic carbocycles. The Morgan fingerprint density at radius 2 is 2.20 bits per heavy atom. The minimum Gasteiger partial charge on any atom is -0.397 e. The molecule has 0 spiro atoms. The minimum absolute atomic E-state index is 0.0958. The number of hydrogen-bond donors (Lipinski definition) is 4. The van der Waals surface area contributed by atoms with Crippen LogP contribution in [-0.4, -0.2) is 15.0 Å². The topological polar surface area (TPSA) is 117 Å². The molecular weight excluding hydrogens is 278 g/mol. The summed E-state index contributed by atoms with van der Waals surface area (Å²) in [5.74, 6) is 0. The Morgan fingerprint density at radius 3 is 2.95 bits per heavy atom. The Hall–Kier alpha value is -2.61. The number of H-pyrrole nitrogens is 2. The summed E-state index contributed by atoms with van der Waals surface area (Å²) < 4.78 is 0. The molecule has 1 aromatic carbocycles. The standard InChI is InChI=1S/C12H11N5O2S/c13-8-1-7-9(15-5-16-11(7)18)2-10(8)14-3-6-4-20-12(19)17-6/h1-2,4-5,14H,3,13H2,(H,17,19)(H,15,16,18). The second-order valence-corrected chi connectivity index (χ2v) is 5.06. The molecule has 0 aliphatic heterocycles. The molecule has 0 fully saturated rings. The Morgan fingerprint density at radius 1 is 1.35 bits per heavy atom. The van der Waals surface area contributed by atoms with Crippen LogP contribution in [0.15, 0.2) is 33.4 Å². The van der Waals surface area contributed by atoms with Crippen molar-refractivity contribution >= 4 is 33.6 Å². The van der Waals surface area contributed by atoms with Crippen molar-refractivity contribution in [3.05, 3.63) is 49.6 Å². The summed E-state index contributed by atoms with van der Waals surface area (Å²) in [5, 5.41) is 5.30. The first-order chi connectivity index (χ1) is 9.63. The molecule has 0 radical (unpaired) electrons. The van der Waals surface area contributed by atoms with Gasteiger partial charge in [0, 0.05) is 11.1 Å². The van der Waals surface area contributed by atoms with E-state index in [1.807, 2.05) is 0 Å². The van der Waals surface area contributed by atoms with Gasteiger partial charge in [0.05, 0.1) is 35.1 Å². The van der Waals surface area contributed by atoms with E-state index in [0.717, 1.165) is 17.0 Å². The summed E-state index contributed by atoms with van der Waals surface area (Å²) in [6, 6.07) is 3.30. The molecule has 0 bridgehead atoms. The molecule has 7 nitrogen and oxygen atoms in total. The number of aromatic nitrogens is 3. The lowest BCUT2D eigenvalue weighted by Gasteiger charge is -2.09. The number of nitrogens with one attached hydrogen (secondary N) is 3. The van der Waals surface area contributed by atoms with E-state index in [2.05, 4.69) is 20.3 Å². The highest BCUT2D eigenvalue weighted by atomic mass is 32.1. The van der Waals surface area contributed by atoms with E-state index in [9.17, 15) is 9.59 Å². The van der Waals surface area contributed by atoms with Gasteiger partial charge < -0.3 is 21.0 Å². The van der Waals surface area contributed by atoms with Crippen molar-refractivity contribution in [2.75, 3.05) is 11.1 Å². The lowest BCUT2D eigenvalue weighted by atomic mass is 10.2. The maximum atomic E-state index is 11.6. The van der Waals surface area contributed by atoms with E-state index in [0.29, 0.717) is 28.8 Å². The van der Waals surface area contributed by atoms with Gasteiger partial charge in [0.2, 0.25) is 0 Å². The summed E-state index contributed by atoms with van der Waals surface area (Å²) in [4.78, 5) is 31.9. The Labute approximate surface area is 116 Å². The summed E-state index contributed by atoms with van der Waals surface area (Å²) in [7, 11) is 0. The largest absolute Gasteiger partial charge is 0.397 e. The number of thiazole rings is 1. The van der Waals surface area contributed by atoms with Crippen LogP contribution in [0.3, 0.4) is 0 Å². The third kappa shape index (κ3) is 2.28. The lowest BCUT2D eigenvalue weighted by molar-refractivity contribution is 1.06. The van der Waals surface area contributed by atoms with Gasteiger partial charge in [-0.1, -0.05) is 11.3 Å². The fourth-order valence-corrected chi connectivity index (χ4v) is 2.46. The van der Waals surface area contributed by atoms with E-state index in [1.54, 1.807) is 17.5 Å². The average molecular weight is 289 g/mol. The van der Waals surface area contributed by atoms with Gasteiger partial charge in [0.25, 0.3) is 5.56 Å². The van der Waals surface area contributed by atoms with Gasteiger partial charge in [-0.3, -0.25) is 9.59 Å². The molecule has 3 rings (SSSR count). The van der Waals surface area contributed by atoms with Gasteiger partial charge in [-0.2, -0.15) is 0 Å². The van der Waals surface area contributed by atoms with Gasteiger partial charge in [-0.05, 0) is 12.1 Å². The maximum absolute atomic E-state index is 11.6. The van der Waals surface area contributed by atoms with Crippen molar-refractivity contribution < 1.29 is 0 Å². The molecule has 0 saturated carbocycles. The zero-order valence-electron chi connectivity index (χ0n) is 10.3. The molecule has 2 heterocycles. The highest BCUT2D eigenvalue weighted by Crippen LogP contribution is 2.23. The molecule has 0 aliphatic rings. The van der Waals surface area contributed by atoms with Gasteiger partial charge in [-0.25, -0.2) is 4.98 Å².